The lowest BCUT2D eigenvalue weighted by atomic mass is 10.1. The van der Waals surface area contributed by atoms with E-state index in [0.717, 1.165) is 12.2 Å². The Bertz CT molecular complexity index is 676. The van der Waals surface area contributed by atoms with E-state index in [4.69, 9.17) is 0 Å². The van der Waals surface area contributed by atoms with Crippen LogP contribution in [0.4, 0.5) is 0 Å². The normalized spacial score (nSPS) is 16.2. The molecule has 6 N–H and O–H groups in total. The molecule has 0 aliphatic rings. The monoisotopic (exact) mass is 395 g/mol. The van der Waals surface area contributed by atoms with Crippen molar-refractivity contribution in [1.82, 2.24) is 14.9 Å². The number of aromatic nitrogens is 2. The molecule has 25 heavy (non-hydrogen) atoms. The first kappa shape index (κ1) is 21.5. The van der Waals surface area contributed by atoms with Gasteiger partial charge in [-0.3, -0.25) is 18.8 Å². The molecule has 0 aromatic carbocycles. The fraction of sp³-hybridized carbons (Fsp3) is 0.333. The molecule has 0 amide bonds. The summed E-state index contributed by atoms with van der Waals surface area (Å²) in [4.78, 5) is 56.6. The van der Waals surface area contributed by atoms with Gasteiger partial charge in [0.2, 0.25) is 0 Å². The number of nitrogens with one attached hydrogen (secondary N) is 1. The van der Waals surface area contributed by atoms with Crippen LogP contribution in [0.3, 0.4) is 0 Å². The maximum atomic E-state index is 11.8. The second-order valence-corrected chi connectivity index (χ2v) is 8.47. The largest absolute Gasteiger partial charge is 0.480 e. The molecule has 3 atom stereocenters. The summed E-state index contributed by atoms with van der Waals surface area (Å²) < 4.78 is 23.5. The number of hydrogen-bond donors (Lipinski definition) is 6. The number of nitrogens with zero attached hydrogens (tertiary/aromatic N) is 2. The van der Waals surface area contributed by atoms with Crippen molar-refractivity contribution in [2.24, 2.45) is 0 Å². The number of carboxylic acids is 1. The maximum Gasteiger partial charge on any atom is 0.346 e. The van der Waals surface area contributed by atoms with Crippen LogP contribution >= 0.6 is 15.2 Å². The van der Waals surface area contributed by atoms with Crippen molar-refractivity contribution >= 4 is 21.2 Å². The van der Waals surface area contributed by atoms with E-state index in [1.54, 1.807) is 0 Å². The van der Waals surface area contributed by atoms with Gasteiger partial charge in [-0.15, -0.1) is 13.2 Å². The summed E-state index contributed by atoms with van der Waals surface area (Å²) in [6.07, 6.45) is 3.70. The molecule has 0 aliphatic carbocycles. The lowest BCUT2D eigenvalue weighted by Crippen LogP contribution is -2.52. The van der Waals surface area contributed by atoms with Crippen molar-refractivity contribution in [3.8, 4) is 0 Å². The average molecular weight is 395 g/mol. The van der Waals surface area contributed by atoms with Crippen molar-refractivity contribution in [1.29, 1.82) is 0 Å². The minimum atomic E-state index is -5.02. The van der Waals surface area contributed by atoms with Crippen LogP contribution in [0.1, 0.15) is 5.69 Å². The highest BCUT2D eigenvalue weighted by Crippen LogP contribution is 2.52. The number of carbonyl (C=O) groups is 1. The van der Waals surface area contributed by atoms with E-state index in [0.29, 0.717) is 10.6 Å². The minimum Gasteiger partial charge on any atom is -0.480 e. The summed E-state index contributed by atoms with van der Waals surface area (Å²) in [5, 5.41) is 9.51. The molecule has 140 valence electrons. The van der Waals surface area contributed by atoms with Crippen LogP contribution in [0.15, 0.2) is 37.8 Å². The van der Waals surface area contributed by atoms with E-state index in [-0.39, 0.29) is 6.42 Å². The van der Waals surface area contributed by atoms with Crippen LogP contribution in [0.2, 0.25) is 0 Å². The number of imidazole rings is 1. The highest BCUT2D eigenvalue weighted by atomic mass is 31.2. The molecular weight excluding hydrogens is 376 g/mol. The van der Waals surface area contributed by atoms with Gasteiger partial charge in [-0.2, -0.15) is 0 Å². The molecule has 0 radical (unpaired) electrons. The molecule has 3 unspecified atom stereocenters. The summed E-state index contributed by atoms with van der Waals surface area (Å²) in [7, 11) is -10.0. The van der Waals surface area contributed by atoms with E-state index >= 15 is 0 Å². The van der Waals surface area contributed by atoms with Gasteiger partial charge in [0.25, 0.3) is 0 Å². The number of carboxylic acid groups (broad SMARTS) is 1. The first-order valence-electron chi connectivity index (χ1n) is 6.76. The number of aliphatic carboxylic acids is 1. The quantitative estimate of drug-likeness (QED) is 0.234. The first-order chi connectivity index (χ1) is 11.4. The summed E-state index contributed by atoms with van der Waals surface area (Å²) in [6.45, 7) is 6.50. The highest BCUT2D eigenvalue weighted by molar-refractivity contribution is 7.53. The van der Waals surface area contributed by atoms with Gasteiger partial charge in [0.15, 0.2) is 0 Å². The Labute approximate surface area is 143 Å². The van der Waals surface area contributed by atoms with Crippen LogP contribution in [-0.4, -0.2) is 63.1 Å². The Morgan fingerprint density at radius 3 is 1.96 bits per heavy atom. The third-order valence-corrected chi connectivity index (χ3v) is 5.67. The van der Waals surface area contributed by atoms with E-state index in [1.165, 1.54) is 12.5 Å². The number of H-pyrrole nitrogens is 1. The summed E-state index contributed by atoms with van der Waals surface area (Å²) >= 11 is 0. The van der Waals surface area contributed by atoms with Gasteiger partial charge in [0.1, 0.15) is 17.6 Å². The van der Waals surface area contributed by atoms with Crippen LogP contribution < -0.4 is 0 Å². The molecule has 0 spiro atoms. The molecular formula is C12H19N3O8P2. The maximum absolute atomic E-state index is 11.8. The standard InChI is InChI=1S/C12H19N3O8P2/c1-3-10(24(18,19)20)15(11(4-2)25(21,22)23)9(12(16)17)5-8-6-13-7-14-8/h3-4,6-7,9-11H,1-2,5H2,(H,13,14)(H,16,17)(H2,18,19,20)(H2,21,22,23). The van der Waals surface area contributed by atoms with Gasteiger partial charge in [-0.25, -0.2) is 4.98 Å². The third kappa shape index (κ3) is 5.45. The van der Waals surface area contributed by atoms with Gasteiger partial charge in [0.05, 0.1) is 6.33 Å². The molecule has 0 bridgehead atoms. The van der Waals surface area contributed by atoms with Crippen LogP contribution in [0.25, 0.3) is 0 Å². The molecule has 1 rings (SSSR count). The molecule has 13 heteroatoms. The lowest BCUT2D eigenvalue weighted by Gasteiger charge is -2.39. The average Bonchev–Trinajstić information content (AvgIpc) is 2.94. The van der Waals surface area contributed by atoms with Crippen molar-refractivity contribution < 1.29 is 38.6 Å². The highest BCUT2D eigenvalue weighted by Gasteiger charge is 2.47. The molecule has 0 fully saturated rings. The Balaban J connectivity index is 3.52. The van der Waals surface area contributed by atoms with Gasteiger partial charge < -0.3 is 29.7 Å². The fourth-order valence-electron chi connectivity index (χ4n) is 2.32. The number of aromatic amines is 1. The second-order valence-electron chi connectivity index (χ2n) is 5.06. The molecule has 0 saturated heterocycles. The molecule has 0 aliphatic heterocycles. The van der Waals surface area contributed by atoms with Crippen LogP contribution in [0.5, 0.6) is 0 Å². The van der Waals surface area contributed by atoms with Crippen molar-refractivity contribution in [3.63, 3.8) is 0 Å². The van der Waals surface area contributed by atoms with Crippen molar-refractivity contribution in [2.45, 2.75) is 24.0 Å². The number of rotatable bonds is 10. The van der Waals surface area contributed by atoms with E-state index in [1.807, 2.05) is 0 Å². The Kier molecular flexibility index (Phi) is 7.04. The molecule has 1 heterocycles. The fourth-order valence-corrected chi connectivity index (χ4v) is 4.27. The van der Waals surface area contributed by atoms with Crippen molar-refractivity contribution in [2.75, 3.05) is 0 Å². The summed E-state index contributed by atoms with van der Waals surface area (Å²) in [5.74, 6) is -5.45. The van der Waals surface area contributed by atoms with Gasteiger partial charge in [0, 0.05) is 18.3 Å². The predicted octanol–water partition coefficient (Wildman–Crippen LogP) is 0.0870. The molecule has 11 nitrogen and oxygen atoms in total. The first-order valence-corrected chi connectivity index (χ1v) is 10.1. The molecule has 1 aromatic heterocycles. The van der Waals surface area contributed by atoms with E-state index < -0.39 is 38.8 Å². The SMILES string of the molecule is C=CC(N(C(Cc1cnc[nH]1)C(=O)O)C(C=C)P(=O)(O)O)P(=O)(O)O. The van der Waals surface area contributed by atoms with E-state index in [9.17, 15) is 38.6 Å². The van der Waals surface area contributed by atoms with Crippen molar-refractivity contribution in [3.05, 3.63) is 43.5 Å². The molecule has 0 saturated carbocycles. The predicted molar refractivity (Wildman–Crippen MR) is 87.6 cm³/mol. The second kappa shape index (κ2) is 8.20. The third-order valence-electron chi connectivity index (χ3n) is 3.33. The lowest BCUT2D eigenvalue weighted by molar-refractivity contribution is -0.143. The summed E-state index contributed by atoms with van der Waals surface area (Å²) in [6, 6.07) is -1.70. The van der Waals surface area contributed by atoms with Crippen LogP contribution in [0, 0.1) is 0 Å². The smallest absolute Gasteiger partial charge is 0.346 e. The van der Waals surface area contributed by atoms with Gasteiger partial charge in [-0.05, 0) is 0 Å². The van der Waals surface area contributed by atoms with Gasteiger partial charge in [-0.1, -0.05) is 12.2 Å². The summed E-state index contributed by atoms with van der Waals surface area (Å²) in [5.41, 5.74) is 0.291. The Hall–Kier alpha value is -1.58. The minimum absolute atomic E-state index is 0.291. The molecule has 1 aromatic rings. The van der Waals surface area contributed by atoms with Crippen LogP contribution in [-0.2, 0) is 20.3 Å². The Morgan fingerprint density at radius 2 is 1.68 bits per heavy atom. The zero-order chi connectivity index (χ0) is 19.4. The zero-order valence-electron chi connectivity index (χ0n) is 12.9. The zero-order valence-corrected chi connectivity index (χ0v) is 14.7. The number of hydrogen-bond acceptors (Lipinski definition) is 5. The Morgan fingerprint density at radius 1 is 1.20 bits per heavy atom. The van der Waals surface area contributed by atoms with Gasteiger partial charge >= 0.3 is 21.2 Å². The van der Waals surface area contributed by atoms with E-state index in [2.05, 4.69) is 23.1 Å². The topological polar surface area (TPSA) is 184 Å².